The predicted octanol–water partition coefficient (Wildman–Crippen LogP) is 9.25. The molecule has 37 heavy (non-hydrogen) atoms. The van der Waals surface area contributed by atoms with Gasteiger partial charge in [0.2, 0.25) is 11.6 Å². The molecule has 0 spiro atoms. The minimum atomic E-state index is -0.539. The highest BCUT2D eigenvalue weighted by atomic mass is 16.7. The summed E-state index contributed by atoms with van der Waals surface area (Å²) in [6.07, 6.45) is 20.5. The van der Waals surface area contributed by atoms with Crippen LogP contribution in [0, 0.1) is 0 Å². The second kappa shape index (κ2) is 14.4. The Morgan fingerprint density at radius 3 is 1.81 bits per heavy atom. The Kier molecular flexibility index (Phi) is 11.6. The third kappa shape index (κ3) is 8.61. The first-order chi connectivity index (χ1) is 17.8. The van der Waals surface area contributed by atoms with Crippen LogP contribution in [0.15, 0.2) is 35.4 Å². The minimum Gasteiger partial charge on any atom is -0.462 e. The van der Waals surface area contributed by atoms with Crippen molar-refractivity contribution in [1.82, 2.24) is 0 Å². The van der Waals surface area contributed by atoms with Crippen molar-refractivity contribution in [2.24, 2.45) is 0 Å². The van der Waals surface area contributed by atoms with Crippen molar-refractivity contribution < 1.29 is 18.9 Å². The third-order valence-electron chi connectivity index (χ3n) is 8.11. The van der Waals surface area contributed by atoms with Gasteiger partial charge in [0.15, 0.2) is 0 Å². The third-order valence-corrected chi connectivity index (χ3v) is 8.11. The summed E-state index contributed by atoms with van der Waals surface area (Å²) in [5.74, 6) is 0.765. The molecule has 2 fully saturated rings. The molecule has 1 aromatic rings. The average molecular weight is 513 g/mol. The highest BCUT2D eigenvalue weighted by Crippen LogP contribution is 2.43. The quantitative estimate of drug-likeness (QED) is 0.133. The largest absolute Gasteiger partial charge is 0.462 e. The molecule has 0 saturated heterocycles. The maximum atomic E-state index is 6.83. The van der Waals surface area contributed by atoms with Crippen LogP contribution in [0.2, 0.25) is 0 Å². The molecule has 0 amide bonds. The van der Waals surface area contributed by atoms with Gasteiger partial charge in [-0.25, -0.2) is 0 Å². The highest BCUT2D eigenvalue weighted by molar-refractivity contribution is 5.50. The summed E-state index contributed by atoms with van der Waals surface area (Å²) in [5.41, 5.74) is 5.17. The van der Waals surface area contributed by atoms with E-state index in [4.69, 9.17) is 18.9 Å². The van der Waals surface area contributed by atoms with Gasteiger partial charge in [-0.15, -0.1) is 0 Å². The molecule has 2 saturated carbocycles. The fraction of sp³-hybridized carbons (Fsp3) is 0.697. The Hall–Kier alpha value is -1.78. The summed E-state index contributed by atoms with van der Waals surface area (Å²) in [6, 6.07) is 4.52. The molecule has 1 aromatic carbocycles. The van der Waals surface area contributed by atoms with Crippen LogP contribution in [-0.4, -0.2) is 25.8 Å². The Bertz CT molecular complexity index is 850. The number of benzene rings is 1. The molecule has 0 N–H and O–H groups in total. The maximum absolute atomic E-state index is 6.83. The van der Waals surface area contributed by atoms with E-state index in [0.29, 0.717) is 0 Å². The molecule has 4 nitrogen and oxygen atoms in total. The molecule has 208 valence electrons. The Balaban J connectivity index is 2.00. The van der Waals surface area contributed by atoms with E-state index in [1.165, 1.54) is 36.0 Å². The van der Waals surface area contributed by atoms with Gasteiger partial charge < -0.3 is 18.9 Å². The molecule has 0 radical (unpaired) electrons. The molecule has 3 rings (SSSR count). The van der Waals surface area contributed by atoms with Crippen molar-refractivity contribution in [3.05, 3.63) is 46.6 Å². The SMILES string of the molecule is CCCCCc1cc(OC2(OC)CCCC2)c(CC=C(C)CCC=C(C)C)c(OC2(OC)CCCC2)c1. The number of hydrogen-bond donors (Lipinski definition) is 0. The van der Waals surface area contributed by atoms with Crippen molar-refractivity contribution in [3.8, 4) is 11.5 Å². The molecule has 2 aliphatic rings. The van der Waals surface area contributed by atoms with Gasteiger partial charge >= 0.3 is 0 Å². The lowest BCUT2D eigenvalue weighted by Crippen LogP contribution is -2.36. The summed E-state index contributed by atoms with van der Waals surface area (Å²) < 4.78 is 25.7. The van der Waals surface area contributed by atoms with Crippen LogP contribution in [0.25, 0.3) is 0 Å². The van der Waals surface area contributed by atoms with Crippen LogP contribution in [0.1, 0.15) is 122 Å². The van der Waals surface area contributed by atoms with Gasteiger partial charge in [0, 0.05) is 45.5 Å². The zero-order valence-corrected chi connectivity index (χ0v) is 24.5. The second-order valence-electron chi connectivity index (χ2n) is 11.5. The van der Waals surface area contributed by atoms with E-state index in [0.717, 1.165) is 94.1 Å². The molecule has 0 heterocycles. The second-order valence-corrected chi connectivity index (χ2v) is 11.5. The molecule has 2 aliphatic carbocycles. The molecular weight excluding hydrogens is 460 g/mol. The number of unbranched alkanes of at least 4 members (excludes halogenated alkanes) is 2. The van der Waals surface area contributed by atoms with E-state index in [2.05, 4.69) is 52.0 Å². The first-order valence-corrected chi connectivity index (χ1v) is 14.8. The van der Waals surface area contributed by atoms with Gasteiger partial charge in [0.1, 0.15) is 11.5 Å². The van der Waals surface area contributed by atoms with Crippen molar-refractivity contribution in [3.63, 3.8) is 0 Å². The Labute approximate surface area is 226 Å². The summed E-state index contributed by atoms with van der Waals surface area (Å²) in [6.45, 7) is 8.82. The number of allylic oxidation sites excluding steroid dienone is 4. The van der Waals surface area contributed by atoms with Gasteiger partial charge in [-0.1, -0.05) is 43.1 Å². The van der Waals surface area contributed by atoms with Crippen molar-refractivity contribution in [2.45, 2.75) is 136 Å². The van der Waals surface area contributed by atoms with Crippen LogP contribution < -0.4 is 9.47 Å². The van der Waals surface area contributed by atoms with Gasteiger partial charge in [0.05, 0.1) is 0 Å². The lowest BCUT2D eigenvalue weighted by molar-refractivity contribution is -0.161. The standard InChI is InChI=1S/C33H52O4/c1-7-8-9-17-28-24-30(36-32(34-5)20-10-11-21-32)29(19-18-27(4)16-14-15-26(2)3)31(25-28)37-33(35-6)22-12-13-23-33/h15,18,24-25H,7-14,16-17,19-23H2,1-6H3. The van der Waals surface area contributed by atoms with Crippen LogP contribution in [0.4, 0.5) is 0 Å². The number of methoxy groups -OCH3 is 2. The monoisotopic (exact) mass is 512 g/mol. The summed E-state index contributed by atoms with van der Waals surface area (Å²) in [4.78, 5) is 0. The maximum Gasteiger partial charge on any atom is 0.210 e. The topological polar surface area (TPSA) is 36.9 Å². The van der Waals surface area contributed by atoms with E-state index in [1.807, 2.05) is 0 Å². The van der Waals surface area contributed by atoms with Crippen molar-refractivity contribution in [2.75, 3.05) is 14.2 Å². The van der Waals surface area contributed by atoms with Crippen molar-refractivity contribution >= 4 is 0 Å². The molecule has 0 atom stereocenters. The zero-order chi connectivity index (χ0) is 26.7. The molecule has 4 heteroatoms. The van der Waals surface area contributed by atoms with Gasteiger partial charge in [-0.3, -0.25) is 0 Å². The molecular formula is C33H52O4. The van der Waals surface area contributed by atoms with E-state index in [1.54, 1.807) is 14.2 Å². The van der Waals surface area contributed by atoms with Gasteiger partial charge in [-0.2, -0.15) is 0 Å². The summed E-state index contributed by atoms with van der Waals surface area (Å²) in [7, 11) is 3.58. The molecule has 0 unspecified atom stereocenters. The van der Waals surface area contributed by atoms with E-state index in [9.17, 15) is 0 Å². The lowest BCUT2D eigenvalue weighted by Gasteiger charge is -2.33. The van der Waals surface area contributed by atoms with Gasteiger partial charge in [-0.05, 0) is 96.3 Å². The molecule has 0 aromatic heterocycles. The van der Waals surface area contributed by atoms with Gasteiger partial charge in [0.25, 0.3) is 0 Å². The fourth-order valence-corrected chi connectivity index (χ4v) is 5.67. The van der Waals surface area contributed by atoms with E-state index >= 15 is 0 Å². The number of hydrogen-bond acceptors (Lipinski definition) is 4. The highest BCUT2D eigenvalue weighted by Gasteiger charge is 2.39. The Morgan fingerprint density at radius 1 is 0.811 bits per heavy atom. The summed E-state index contributed by atoms with van der Waals surface area (Å²) >= 11 is 0. The van der Waals surface area contributed by atoms with Crippen LogP contribution >= 0.6 is 0 Å². The number of rotatable bonds is 15. The van der Waals surface area contributed by atoms with E-state index in [-0.39, 0.29) is 0 Å². The lowest BCUT2D eigenvalue weighted by atomic mass is 9.99. The first kappa shape index (κ1) is 29.8. The Morgan fingerprint density at radius 2 is 1.35 bits per heavy atom. The number of aryl methyl sites for hydroxylation is 1. The normalized spacial score (nSPS) is 18.7. The van der Waals surface area contributed by atoms with Crippen LogP contribution in [0.3, 0.4) is 0 Å². The average Bonchev–Trinajstić information content (AvgIpc) is 3.54. The van der Waals surface area contributed by atoms with Crippen molar-refractivity contribution in [1.29, 1.82) is 0 Å². The zero-order valence-electron chi connectivity index (χ0n) is 24.5. The fourth-order valence-electron chi connectivity index (χ4n) is 5.67. The first-order valence-electron chi connectivity index (χ1n) is 14.8. The molecule has 0 bridgehead atoms. The predicted molar refractivity (Wildman–Crippen MR) is 153 cm³/mol. The number of ether oxygens (including phenoxy) is 4. The van der Waals surface area contributed by atoms with E-state index < -0.39 is 11.6 Å². The minimum absolute atomic E-state index is 0.539. The summed E-state index contributed by atoms with van der Waals surface area (Å²) in [5, 5.41) is 0. The van der Waals surface area contributed by atoms with Crippen LogP contribution in [0.5, 0.6) is 11.5 Å². The smallest absolute Gasteiger partial charge is 0.210 e. The molecule has 0 aliphatic heterocycles. The van der Waals surface area contributed by atoms with Crippen LogP contribution in [-0.2, 0) is 22.3 Å².